The van der Waals surface area contributed by atoms with E-state index in [1.54, 1.807) is 0 Å². The lowest BCUT2D eigenvalue weighted by Gasteiger charge is -2.05. The first-order valence-corrected chi connectivity index (χ1v) is 5.55. The molecule has 0 radical (unpaired) electrons. The zero-order valence-electron chi connectivity index (χ0n) is 7.82. The molecule has 0 bridgehead atoms. The van der Waals surface area contributed by atoms with Crippen LogP contribution in [0.5, 0.6) is 0 Å². The molecule has 0 saturated carbocycles. The molecule has 0 N–H and O–H groups in total. The van der Waals surface area contributed by atoms with Gasteiger partial charge in [0.15, 0.2) is 0 Å². The second-order valence-electron chi connectivity index (χ2n) is 3.19. The van der Waals surface area contributed by atoms with Crippen molar-refractivity contribution in [2.24, 2.45) is 0 Å². The molecule has 1 aromatic carbocycles. The zero-order valence-corrected chi connectivity index (χ0v) is 9.33. The van der Waals surface area contributed by atoms with Crippen molar-refractivity contribution in [2.75, 3.05) is 5.88 Å². The largest absolute Gasteiger partial charge is 0.127 e. The Bertz CT molecular complexity index is 269. The summed E-state index contributed by atoms with van der Waals surface area (Å²) in [6, 6.07) is 6.39. The molecule has 1 rings (SSSR count). The van der Waals surface area contributed by atoms with E-state index in [1.807, 2.05) is 0 Å². The van der Waals surface area contributed by atoms with Gasteiger partial charge in [-0.1, -0.05) is 18.2 Å². The molecule has 0 spiro atoms. The van der Waals surface area contributed by atoms with E-state index >= 15 is 0 Å². The van der Waals surface area contributed by atoms with Gasteiger partial charge in [-0.25, -0.2) is 0 Å². The highest BCUT2D eigenvalue weighted by Gasteiger charge is 1.99. The van der Waals surface area contributed by atoms with Gasteiger partial charge in [0.2, 0.25) is 0 Å². The summed E-state index contributed by atoms with van der Waals surface area (Å²) < 4.78 is 0. The molecule has 0 aromatic heterocycles. The van der Waals surface area contributed by atoms with Gasteiger partial charge in [0.1, 0.15) is 0 Å². The van der Waals surface area contributed by atoms with Crippen molar-refractivity contribution >= 4 is 23.2 Å². The van der Waals surface area contributed by atoms with E-state index in [9.17, 15) is 0 Å². The lowest BCUT2D eigenvalue weighted by molar-refractivity contribution is 0.918. The van der Waals surface area contributed by atoms with Gasteiger partial charge in [0, 0.05) is 11.8 Å². The van der Waals surface area contributed by atoms with Gasteiger partial charge in [-0.3, -0.25) is 0 Å². The van der Waals surface area contributed by atoms with Crippen LogP contribution in [0.3, 0.4) is 0 Å². The van der Waals surface area contributed by atoms with E-state index in [2.05, 4.69) is 25.1 Å². The summed E-state index contributed by atoms with van der Waals surface area (Å²) in [6.45, 7) is 2.12. The van der Waals surface area contributed by atoms with Crippen molar-refractivity contribution < 1.29 is 0 Å². The number of aryl methyl sites for hydroxylation is 2. The van der Waals surface area contributed by atoms with Gasteiger partial charge in [0.05, 0.1) is 0 Å². The third-order valence-electron chi connectivity index (χ3n) is 2.14. The van der Waals surface area contributed by atoms with Crippen LogP contribution in [-0.4, -0.2) is 5.88 Å². The topological polar surface area (TPSA) is 0 Å². The molecule has 13 heavy (non-hydrogen) atoms. The fourth-order valence-corrected chi connectivity index (χ4v) is 1.68. The number of hydrogen-bond donors (Lipinski definition) is 0. The summed E-state index contributed by atoms with van der Waals surface area (Å²) in [7, 11) is 0. The van der Waals surface area contributed by atoms with Crippen LogP contribution in [0.25, 0.3) is 0 Å². The smallest absolute Gasteiger partial charge is 0.0474 e. The summed E-state index contributed by atoms with van der Waals surface area (Å²) in [6.07, 6.45) is 2.11. The maximum Gasteiger partial charge on any atom is 0.0474 e. The van der Waals surface area contributed by atoms with Crippen LogP contribution >= 0.6 is 23.2 Å². The third-order valence-corrected chi connectivity index (χ3v) is 2.72. The number of benzene rings is 1. The van der Waals surface area contributed by atoms with Crippen LogP contribution in [-0.2, 0) is 12.3 Å². The molecule has 0 fully saturated rings. The quantitative estimate of drug-likeness (QED) is 0.671. The molecular weight excluding hydrogens is 203 g/mol. The number of hydrogen-bond acceptors (Lipinski definition) is 0. The molecule has 2 heteroatoms. The lowest BCUT2D eigenvalue weighted by atomic mass is 10.0. The summed E-state index contributed by atoms with van der Waals surface area (Å²) in [5, 5.41) is 0. The first kappa shape index (κ1) is 10.9. The second-order valence-corrected chi connectivity index (χ2v) is 3.83. The Hall–Kier alpha value is -0.200. The van der Waals surface area contributed by atoms with Crippen LogP contribution in [0.15, 0.2) is 18.2 Å². The Morgan fingerprint density at radius 2 is 2.00 bits per heavy atom. The molecule has 0 atom stereocenters. The van der Waals surface area contributed by atoms with Crippen molar-refractivity contribution in [1.82, 2.24) is 0 Å². The molecule has 0 unspecified atom stereocenters. The summed E-state index contributed by atoms with van der Waals surface area (Å²) in [5.41, 5.74) is 3.89. The molecule has 0 heterocycles. The van der Waals surface area contributed by atoms with E-state index in [1.165, 1.54) is 16.7 Å². The highest BCUT2D eigenvalue weighted by Crippen LogP contribution is 2.14. The van der Waals surface area contributed by atoms with E-state index in [4.69, 9.17) is 23.2 Å². The van der Waals surface area contributed by atoms with Crippen molar-refractivity contribution in [1.29, 1.82) is 0 Å². The molecule has 0 aliphatic heterocycles. The minimum atomic E-state index is 0.594. The van der Waals surface area contributed by atoms with Crippen LogP contribution in [0, 0.1) is 6.92 Å². The van der Waals surface area contributed by atoms with Crippen molar-refractivity contribution in [2.45, 2.75) is 25.6 Å². The average Bonchev–Trinajstić information content (AvgIpc) is 2.16. The van der Waals surface area contributed by atoms with E-state index in [0.29, 0.717) is 5.88 Å². The maximum atomic E-state index is 5.73. The predicted octanol–water partition coefficient (Wildman–Crippen LogP) is 3.91. The fraction of sp³-hybridized carbons (Fsp3) is 0.455. The van der Waals surface area contributed by atoms with Crippen LogP contribution in [0.2, 0.25) is 0 Å². The average molecular weight is 217 g/mol. The van der Waals surface area contributed by atoms with Crippen molar-refractivity contribution in [3.8, 4) is 0 Å². The van der Waals surface area contributed by atoms with Gasteiger partial charge in [-0.2, -0.15) is 0 Å². The predicted molar refractivity (Wildman–Crippen MR) is 59.8 cm³/mol. The van der Waals surface area contributed by atoms with Gasteiger partial charge in [-0.05, 0) is 36.5 Å². The minimum Gasteiger partial charge on any atom is -0.127 e. The molecule has 0 aliphatic rings. The van der Waals surface area contributed by atoms with Gasteiger partial charge >= 0.3 is 0 Å². The summed E-state index contributed by atoms with van der Waals surface area (Å²) in [4.78, 5) is 0. The minimum absolute atomic E-state index is 0.594. The molecule has 0 aliphatic carbocycles. The Balaban J connectivity index is 2.73. The first-order valence-electron chi connectivity index (χ1n) is 4.48. The Labute approximate surface area is 89.9 Å². The fourth-order valence-electron chi connectivity index (χ4n) is 1.38. The molecule has 0 amide bonds. The number of rotatable bonds is 4. The zero-order chi connectivity index (χ0) is 9.68. The Morgan fingerprint density at radius 3 is 2.54 bits per heavy atom. The highest BCUT2D eigenvalue weighted by atomic mass is 35.5. The van der Waals surface area contributed by atoms with E-state index in [0.717, 1.165) is 18.7 Å². The molecule has 0 nitrogen and oxygen atoms in total. The normalized spacial score (nSPS) is 10.4. The van der Waals surface area contributed by atoms with Crippen LogP contribution < -0.4 is 0 Å². The van der Waals surface area contributed by atoms with Crippen molar-refractivity contribution in [3.63, 3.8) is 0 Å². The molecule has 72 valence electrons. The standard InChI is InChI=1S/C11H14Cl2/c1-9-7-10(8-13)4-5-11(9)3-2-6-12/h4-5,7H,2-3,6,8H2,1H3. The van der Waals surface area contributed by atoms with Gasteiger partial charge in [-0.15, -0.1) is 23.2 Å². The molecular formula is C11H14Cl2. The van der Waals surface area contributed by atoms with Gasteiger partial charge < -0.3 is 0 Å². The van der Waals surface area contributed by atoms with E-state index < -0.39 is 0 Å². The maximum absolute atomic E-state index is 5.73. The van der Waals surface area contributed by atoms with Gasteiger partial charge in [0.25, 0.3) is 0 Å². The molecule has 1 aromatic rings. The summed E-state index contributed by atoms with van der Waals surface area (Å²) >= 11 is 11.4. The Kier molecular flexibility index (Phi) is 4.61. The van der Waals surface area contributed by atoms with Crippen molar-refractivity contribution in [3.05, 3.63) is 34.9 Å². The SMILES string of the molecule is Cc1cc(CCl)ccc1CCCCl. The highest BCUT2D eigenvalue weighted by molar-refractivity contribution is 6.17. The van der Waals surface area contributed by atoms with E-state index in [-0.39, 0.29) is 0 Å². The van der Waals surface area contributed by atoms with Crippen LogP contribution in [0.1, 0.15) is 23.1 Å². The van der Waals surface area contributed by atoms with Crippen LogP contribution in [0.4, 0.5) is 0 Å². The molecule has 0 saturated heterocycles. The Morgan fingerprint density at radius 1 is 1.23 bits per heavy atom. The first-order chi connectivity index (χ1) is 6.27. The number of halogens is 2. The monoisotopic (exact) mass is 216 g/mol. The lowest BCUT2D eigenvalue weighted by Crippen LogP contribution is -1.92. The second kappa shape index (κ2) is 5.51. The third kappa shape index (κ3) is 3.21. The summed E-state index contributed by atoms with van der Waals surface area (Å²) in [5.74, 6) is 1.33. The number of alkyl halides is 2.